The third-order valence-corrected chi connectivity index (χ3v) is 2.98. The highest BCUT2D eigenvalue weighted by atomic mass is 35.5. The molecule has 19 heavy (non-hydrogen) atoms. The van der Waals surface area contributed by atoms with Gasteiger partial charge in [-0.05, 0) is 31.2 Å². The summed E-state index contributed by atoms with van der Waals surface area (Å²) in [4.78, 5) is 0. The molecule has 0 aliphatic rings. The Morgan fingerprint density at radius 2 is 2.16 bits per heavy atom. The van der Waals surface area contributed by atoms with Crippen molar-refractivity contribution >= 4 is 11.6 Å². The van der Waals surface area contributed by atoms with E-state index in [4.69, 9.17) is 20.8 Å². The van der Waals surface area contributed by atoms with Gasteiger partial charge in [0.15, 0.2) is 0 Å². The van der Waals surface area contributed by atoms with Crippen molar-refractivity contribution < 1.29 is 9.15 Å². The zero-order valence-electron chi connectivity index (χ0n) is 11.0. The minimum absolute atomic E-state index is 0.386. The van der Waals surface area contributed by atoms with Crippen molar-refractivity contribution in [3.8, 4) is 5.75 Å². The third-order valence-electron chi connectivity index (χ3n) is 2.67. The summed E-state index contributed by atoms with van der Waals surface area (Å²) < 4.78 is 11.1. The van der Waals surface area contributed by atoms with Crippen molar-refractivity contribution in [2.75, 3.05) is 6.54 Å². The van der Waals surface area contributed by atoms with Crippen molar-refractivity contribution in [3.63, 3.8) is 0 Å². The van der Waals surface area contributed by atoms with Gasteiger partial charge in [-0.15, -0.1) is 0 Å². The van der Waals surface area contributed by atoms with Crippen LogP contribution in [0.3, 0.4) is 0 Å². The van der Waals surface area contributed by atoms with Crippen LogP contribution in [0.1, 0.15) is 24.7 Å². The normalized spacial score (nSPS) is 10.6. The van der Waals surface area contributed by atoms with Gasteiger partial charge < -0.3 is 14.5 Å². The van der Waals surface area contributed by atoms with Crippen LogP contribution in [0.2, 0.25) is 5.02 Å². The smallest absolute Gasteiger partial charge is 0.146 e. The molecule has 0 bridgehead atoms. The molecule has 0 unspecified atom stereocenters. The summed E-state index contributed by atoms with van der Waals surface area (Å²) >= 11 is 6.01. The van der Waals surface area contributed by atoms with E-state index < -0.39 is 0 Å². The molecular weight excluding hydrogens is 262 g/mol. The number of furan rings is 1. The monoisotopic (exact) mass is 279 g/mol. The molecule has 4 heteroatoms. The van der Waals surface area contributed by atoms with Crippen LogP contribution in [0.25, 0.3) is 0 Å². The van der Waals surface area contributed by atoms with Crippen LogP contribution in [-0.4, -0.2) is 6.54 Å². The molecule has 0 aliphatic carbocycles. The molecule has 0 atom stereocenters. The van der Waals surface area contributed by atoms with Crippen LogP contribution < -0.4 is 10.1 Å². The summed E-state index contributed by atoms with van der Waals surface area (Å²) in [5.41, 5.74) is 1.13. The van der Waals surface area contributed by atoms with Crippen LogP contribution in [0.4, 0.5) is 0 Å². The molecule has 1 aromatic carbocycles. The average Bonchev–Trinajstić information content (AvgIpc) is 2.86. The average molecular weight is 280 g/mol. The largest absolute Gasteiger partial charge is 0.484 e. The van der Waals surface area contributed by atoms with Gasteiger partial charge in [-0.3, -0.25) is 0 Å². The predicted molar refractivity (Wildman–Crippen MR) is 76.5 cm³/mol. The summed E-state index contributed by atoms with van der Waals surface area (Å²) in [6.45, 7) is 4.36. The van der Waals surface area contributed by atoms with E-state index in [1.807, 2.05) is 24.3 Å². The Balaban J connectivity index is 1.85. The van der Waals surface area contributed by atoms with Gasteiger partial charge in [-0.2, -0.15) is 0 Å². The van der Waals surface area contributed by atoms with E-state index in [2.05, 4.69) is 12.2 Å². The molecule has 2 rings (SSSR count). The molecule has 0 saturated heterocycles. The fraction of sp³-hybridized carbons (Fsp3) is 0.333. The molecule has 102 valence electrons. The maximum atomic E-state index is 6.01. The van der Waals surface area contributed by atoms with Crippen molar-refractivity contribution in [3.05, 3.63) is 52.9 Å². The van der Waals surface area contributed by atoms with Crippen LogP contribution in [0, 0.1) is 0 Å². The van der Waals surface area contributed by atoms with Crippen LogP contribution in [-0.2, 0) is 13.2 Å². The number of nitrogens with one attached hydrogen (secondary N) is 1. The lowest BCUT2D eigenvalue weighted by Gasteiger charge is -2.05. The molecule has 0 spiro atoms. The van der Waals surface area contributed by atoms with Gasteiger partial charge in [0.25, 0.3) is 0 Å². The second kappa shape index (κ2) is 7.22. The van der Waals surface area contributed by atoms with Crippen molar-refractivity contribution in [1.82, 2.24) is 5.32 Å². The SMILES string of the molecule is CCCNCc1coc(COc2ccccc2Cl)c1. The molecule has 0 saturated carbocycles. The highest BCUT2D eigenvalue weighted by Crippen LogP contribution is 2.24. The molecule has 2 aromatic rings. The van der Waals surface area contributed by atoms with Gasteiger partial charge in [0.05, 0.1) is 11.3 Å². The number of hydrogen-bond donors (Lipinski definition) is 1. The summed E-state index contributed by atoms with van der Waals surface area (Å²) in [5, 5.41) is 3.94. The van der Waals surface area contributed by atoms with E-state index in [0.29, 0.717) is 17.4 Å². The van der Waals surface area contributed by atoms with Gasteiger partial charge in [0.1, 0.15) is 18.1 Å². The van der Waals surface area contributed by atoms with Crippen LogP contribution >= 0.6 is 11.6 Å². The minimum Gasteiger partial charge on any atom is -0.484 e. The number of ether oxygens (including phenoxy) is 1. The highest BCUT2D eigenvalue weighted by molar-refractivity contribution is 6.32. The van der Waals surface area contributed by atoms with Gasteiger partial charge in [0, 0.05) is 12.1 Å². The fourth-order valence-corrected chi connectivity index (χ4v) is 1.91. The molecule has 0 aliphatic heterocycles. The van der Waals surface area contributed by atoms with Gasteiger partial charge >= 0.3 is 0 Å². The van der Waals surface area contributed by atoms with Crippen LogP contribution in [0.15, 0.2) is 41.0 Å². The Morgan fingerprint density at radius 3 is 2.95 bits per heavy atom. The van der Waals surface area contributed by atoms with E-state index in [9.17, 15) is 0 Å². The van der Waals surface area contributed by atoms with Crippen molar-refractivity contribution in [2.45, 2.75) is 26.5 Å². The minimum atomic E-state index is 0.386. The number of halogens is 1. The second-order valence-corrected chi connectivity index (χ2v) is 4.72. The van der Waals surface area contributed by atoms with Gasteiger partial charge in [-0.1, -0.05) is 30.7 Å². The summed E-state index contributed by atoms with van der Waals surface area (Å²) in [7, 11) is 0. The molecule has 1 aromatic heterocycles. The fourth-order valence-electron chi connectivity index (χ4n) is 1.71. The summed E-state index contributed by atoms with van der Waals surface area (Å²) in [5.74, 6) is 1.47. The lowest BCUT2D eigenvalue weighted by atomic mass is 10.3. The molecule has 0 amide bonds. The van der Waals surface area contributed by atoms with Crippen LogP contribution in [0.5, 0.6) is 5.75 Å². The summed E-state index contributed by atoms with van der Waals surface area (Å²) in [6.07, 6.45) is 2.88. The number of hydrogen-bond acceptors (Lipinski definition) is 3. The molecule has 0 radical (unpaired) electrons. The first-order valence-electron chi connectivity index (χ1n) is 6.44. The lowest BCUT2D eigenvalue weighted by Crippen LogP contribution is -2.13. The van der Waals surface area contributed by atoms with Crippen molar-refractivity contribution in [2.24, 2.45) is 0 Å². The zero-order valence-corrected chi connectivity index (χ0v) is 11.7. The first kappa shape index (κ1) is 14.0. The molecule has 3 nitrogen and oxygen atoms in total. The van der Waals surface area contributed by atoms with E-state index >= 15 is 0 Å². The molecule has 1 N–H and O–H groups in total. The Morgan fingerprint density at radius 1 is 1.32 bits per heavy atom. The predicted octanol–water partition coefficient (Wildman–Crippen LogP) is 4.01. The number of benzene rings is 1. The highest BCUT2D eigenvalue weighted by Gasteiger charge is 2.04. The quantitative estimate of drug-likeness (QED) is 0.778. The van der Waals surface area contributed by atoms with E-state index in [1.54, 1.807) is 12.3 Å². The number of rotatable bonds is 7. The maximum absolute atomic E-state index is 6.01. The van der Waals surface area contributed by atoms with E-state index in [-0.39, 0.29) is 0 Å². The summed E-state index contributed by atoms with van der Waals surface area (Å²) in [6, 6.07) is 9.41. The topological polar surface area (TPSA) is 34.4 Å². The van der Waals surface area contributed by atoms with Gasteiger partial charge in [0.2, 0.25) is 0 Å². The zero-order chi connectivity index (χ0) is 13.5. The Kier molecular flexibility index (Phi) is 5.31. The maximum Gasteiger partial charge on any atom is 0.146 e. The van der Waals surface area contributed by atoms with Crippen molar-refractivity contribution in [1.29, 1.82) is 0 Å². The van der Waals surface area contributed by atoms with E-state index in [1.165, 1.54) is 0 Å². The Labute approximate surface area is 118 Å². The number of para-hydroxylation sites is 1. The van der Waals surface area contributed by atoms with E-state index in [0.717, 1.165) is 30.8 Å². The molecular formula is C15H18ClNO2. The lowest BCUT2D eigenvalue weighted by molar-refractivity contribution is 0.270. The first-order valence-corrected chi connectivity index (χ1v) is 6.81. The van der Waals surface area contributed by atoms with Gasteiger partial charge in [-0.25, -0.2) is 0 Å². The molecule has 1 heterocycles. The Bertz CT molecular complexity index is 510. The Hall–Kier alpha value is -1.45. The third kappa shape index (κ3) is 4.30. The molecule has 0 fully saturated rings. The standard InChI is InChI=1S/C15H18ClNO2/c1-2-7-17-9-12-8-13(18-10-12)11-19-15-6-4-3-5-14(15)16/h3-6,8,10,17H,2,7,9,11H2,1H3. The second-order valence-electron chi connectivity index (χ2n) is 4.32. The first-order chi connectivity index (χ1) is 9.29.